The van der Waals surface area contributed by atoms with Gasteiger partial charge in [0.25, 0.3) is 0 Å². The van der Waals surface area contributed by atoms with Crippen molar-refractivity contribution in [3.8, 4) is 0 Å². The molecule has 0 saturated carbocycles. The van der Waals surface area contributed by atoms with Crippen LogP contribution in [0.2, 0.25) is 4.94 Å². The van der Waals surface area contributed by atoms with E-state index < -0.39 is 27.6 Å². The van der Waals surface area contributed by atoms with E-state index in [1.165, 1.54) is 0 Å². The molecular weight excluding hydrogens is 289 g/mol. The summed E-state index contributed by atoms with van der Waals surface area (Å²) in [5.74, 6) is 0. The summed E-state index contributed by atoms with van der Waals surface area (Å²) in [7, 11) is 0. The third kappa shape index (κ3) is 3.86. The van der Waals surface area contributed by atoms with Crippen molar-refractivity contribution in [3.63, 3.8) is 0 Å². The van der Waals surface area contributed by atoms with Gasteiger partial charge in [-0.25, -0.2) is 0 Å². The molecule has 0 aliphatic carbocycles. The van der Waals surface area contributed by atoms with Crippen LogP contribution in [-0.4, -0.2) is 32.7 Å². The van der Waals surface area contributed by atoms with Crippen molar-refractivity contribution in [2.24, 2.45) is 0 Å². The molecule has 0 atom stereocenters. The van der Waals surface area contributed by atoms with E-state index in [4.69, 9.17) is 5.11 Å². The van der Waals surface area contributed by atoms with Gasteiger partial charge in [-0.3, -0.25) is 0 Å². The topological polar surface area (TPSA) is 58.6 Å². The molecule has 1 aromatic rings. The van der Waals surface area contributed by atoms with Crippen LogP contribution in [0.15, 0.2) is 24.3 Å². The molecule has 5 heteroatoms. The number of rotatable bonds is 4. The van der Waals surface area contributed by atoms with Gasteiger partial charge in [0.15, 0.2) is 0 Å². The normalized spacial score (nSPS) is 9.50. The fourth-order valence-electron chi connectivity index (χ4n) is 0.974. The van der Waals surface area contributed by atoms with Crippen LogP contribution in [0.4, 0.5) is 10.5 Å². The molecule has 4 nitrogen and oxygen atoms in total. The van der Waals surface area contributed by atoms with Crippen molar-refractivity contribution in [2.45, 2.75) is 11.5 Å². The van der Waals surface area contributed by atoms with Gasteiger partial charge in [0.2, 0.25) is 0 Å². The number of nitrogens with one attached hydrogen (secondary N) is 1. The molecule has 0 heterocycles. The maximum absolute atomic E-state index is 10.1. The van der Waals surface area contributed by atoms with Crippen molar-refractivity contribution in [1.29, 1.82) is 0 Å². The molecule has 14 heavy (non-hydrogen) atoms. The number of carboxylic acid groups (broad SMARTS) is 1. The SMILES string of the molecule is [CH3][Sn][NH]c1ccc(COC(=O)O)cc1. The third-order valence-electron chi connectivity index (χ3n) is 1.59. The van der Waals surface area contributed by atoms with Crippen molar-refractivity contribution in [1.82, 2.24) is 0 Å². The van der Waals surface area contributed by atoms with Gasteiger partial charge in [0.1, 0.15) is 0 Å². The summed E-state index contributed by atoms with van der Waals surface area (Å²) in [5.41, 5.74) is 1.96. The van der Waals surface area contributed by atoms with Crippen molar-refractivity contribution < 1.29 is 14.6 Å². The van der Waals surface area contributed by atoms with Gasteiger partial charge in [-0.15, -0.1) is 0 Å². The van der Waals surface area contributed by atoms with Gasteiger partial charge >= 0.3 is 92.8 Å². The summed E-state index contributed by atoms with van der Waals surface area (Å²) in [5, 5.41) is 8.29. The molecule has 0 spiro atoms. The number of anilines is 1. The van der Waals surface area contributed by atoms with E-state index in [-0.39, 0.29) is 6.61 Å². The second kappa shape index (κ2) is 5.74. The van der Waals surface area contributed by atoms with Crippen molar-refractivity contribution in [2.75, 3.05) is 3.54 Å². The molecule has 2 radical (unpaired) electrons. The van der Waals surface area contributed by atoms with Crippen LogP contribution in [0.25, 0.3) is 0 Å². The second-order valence-corrected chi connectivity index (χ2v) is 4.77. The molecule has 0 aromatic heterocycles. The van der Waals surface area contributed by atoms with Crippen LogP contribution >= 0.6 is 0 Å². The van der Waals surface area contributed by atoms with Crippen LogP contribution in [-0.2, 0) is 11.3 Å². The second-order valence-electron chi connectivity index (χ2n) is 2.63. The number of ether oxygens (including phenoxy) is 1. The number of hydrogen-bond acceptors (Lipinski definition) is 3. The Labute approximate surface area is 92.8 Å². The third-order valence-corrected chi connectivity index (χ3v) is 3.12. The first-order valence-electron chi connectivity index (χ1n) is 4.10. The molecule has 0 amide bonds. The van der Waals surface area contributed by atoms with Crippen LogP contribution in [0, 0.1) is 0 Å². The molecule has 0 bridgehead atoms. The molecule has 0 fully saturated rings. The summed E-state index contributed by atoms with van der Waals surface area (Å²) in [6.07, 6.45) is -1.24. The standard InChI is InChI=1S/C8H8NO3.CH3.Sn/c9-7-3-1-6(2-4-7)5-12-8(10)11;;/h1-4,9H,5H2,(H,10,11);1H3;/q-1;;+1. The average Bonchev–Trinajstić information content (AvgIpc) is 2.17. The minimum absolute atomic E-state index is 0.113. The fraction of sp³-hybridized carbons (Fsp3) is 0.222. The Bertz CT molecular complexity index is 299. The zero-order valence-electron chi connectivity index (χ0n) is 7.78. The maximum atomic E-state index is 10.1. The Kier molecular flexibility index (Phi) is 4.58. The van der Waals surface area contributed by atoms with Crippen LogP contribution in [0.1, 0.15) is 5.56 Å². The first-order chi connectivity index (χ1) is 6.72. The molecule has 0 aliphatic rings. The van der Waals surface area contributed by atoms with E-state index >= 15 is 0 Å². The van der Waals surface area contributed by atoms with E-state index in [2.05, 4.69) is 13.2 Å². The van der Waals surface area contributed by atoms with Gasteiger partial charge in [-0.1, -0.05) is 0 Å². The van der Waals surface area contributed by atoms with Gasteiger partial charge in [0, 0.05) is 0 Å². The van der Waals surface area contributed by atoms with E-state index in [0.29, 0.717) is 0 Å². The summed E-state index contributed by atoms with van der Waals surface area (Å²) in [6, 6.07) is 7.59. The summed E-state index contributed by atoms with van der Waals surface area (Å²) in [6.45, 7) is 0.113. The summed E-state index contributed by atoms with van der Waals surface area (Å²) in [4.78, 5) is 12.3. The van der Waals surface area contributed by atoms with E-state index in [1.54, 1.807) is 0 Å². The first kappa shape index (κ1) is 11.2. The molecule has 2 N–H and O–H groups in total. The zero-order chi connectivity index (χ0) is 10.4. The van der Waals surface area contributed by atoms with E-state index in [1.807, 2.05) is 24.3 Å². The fourth-order valence-corrected chi connectivity index (χ4v) is 2.27. The molecule has 0 aliphatic heterocycles. The predicted octanol–water partition coefficient (Wildman–Crippen LogP) is 1.96. The molecule has 1 rings (SSSR count). The summed E-state index contributed by atoms with van der Waals surface area (Å²) < 4.78 is 7.75. The Morgan fingerprint density at radius 1 is 1.50 bits per heavy atom. The molecular formula is C9H11NO3Sn. The Morgan fingerprint density at radius 2 is 2.14 bits per heavy atom. The monoisotopic (exact) mass is 301 g/mol. The summed E-state index contributed by atoms with van der Waals surface area (Å²) >= 11 is -0.434. The van der Waals surface area contributed by atoms with Crippen molar-refractivity contribution >= 4 is 33.3 Å². The number of benzene rings is 1. The van der Waals surface area contributed by atoms with Gasteiger partial charge in [0.05, 0.1) is 0 Å². The van der Waals surface area contributed by atoms with Gasteiger partial charge in [-0.05, 0) is 0 Å². The molecule has 74 valence electrons. The Balaban J connectivity index is 2.50. The molecule has 0 saturated heterocycles. The van der Waals surface area contributed by atoms with Gasteiger partial charge < -0.3 is 0 Å². The first-order valence-corrected chi connectivity index (χ1v) is 8.38. The quantitative estimate of drug-likeness (QED) is 0.659. The molecule has 1 aromatic carbocycles. The van der Waals surface area contributed by atoms with Crippen molar-refractivity contribution in [3.05, 3.63) is 29.8 Å². The van der Waals surface area contributed by atoms with Crippen LogP contribution < -0.4 is 3.54 Å². The zero-order valence-corrected chi connectivity index (χ0v) is 10.6. The van der Waals surface area contributed by atoms with Crippen LogP contribution in [0.3, 0.4) is 0 Å². The minimum atomic E-state index is -1.24. The number of carbonyl (C=O) groups is 1. The number of hydrogen-bond donors (Lipinski definition) is 2. The molecule has 0 unspecified atom stereocenters. The average molecular weight is 300 g/mol. The Morgan fingerprint density at radius 3 is 2.64 bits per heavy atom. The van der Waals surface area contributed by atoms with Gasteiger partial charge in [-0.2, -0.15) is 0 Å². The Hall–Kier alpha value is -0.911. The van der Waals surface area contributed by atoms with E-state index in [9.17, 15) is 4.79 Å². The predicted molar refractivity (Wildman–Crippen MR) is 54.5 cm³/mol. The van der Waals surface area contributed by atoms with E-state index in [0.717, 1.165) is 11.3 Å². The van der Waals surface area contributed by atoms with Crippen LogP contribution in [0.5, 0.6) is 0 Å².